The zero-order valence-electron chi connectivity index (χ0n) is 18.1. The summed E-state index contributed by atoms with van der Waals surface area (Å²) >= 11 is 0. The number of hydrogen-bond acceptors (Lipinski definition) is 4. The molecule has 0 N–H and O–H groups in total. The number of benzene rings is 2. The first-order valence-electron chi connectivity index (χ1n) is 10.5. The van der Waals surface area contributed by atoms with Gasteiger partial charge in [-0.2, -0.15) is 13.2 Å². The maximum atomic E-state index is 13.6. The van der Waals surface area contributed by atoms with E-state index in [4.69, 9.17) is 0 Å². The van der Waals surface area contributed by atoms with E-state index in [1.165, 1.54) is 0 Å². The number of hydrogen-bond donors (Lipinski definition) is 0. The summed E-state index contributed by atoms with van der Waals surface area (Å²) in [5.41, 5.74) is 2.35. The van der Waals surface area contributed by atoms with Crippen LogP contribution in [0.15, 0.2) is 67.4 Å². The molecule has 0 saturated carbocycles. The van der Waals surface area contributed by atoms with Crippen molar-refractivity contribution >= 4 is 23.0 Å². The summed E-state index contributed by atoms with van der Waals surface area (Å²) in [4.78, 5) is 12.3. The van der Waals surface area contributed by atoms with Gasteiger partial charge >= 0.3 is 6.18 Å². The van der Waals surface area contributed by atoms with Gasteiger partial charge in [-0.3, -0.25) is 0 Å². The van der Waals surface area contributed by atoms with Crippen molar-refractivity contribution in [3.05, 3.63) is 84.2 Å². The Morgan fingerprint density at radius 3 is 2.28 bits per heavy atom. The second kappa shape index (κ2) is 6.82. The van der Waals surface area contributed by atoms with Crippen molar-refractivity contribution in [3.8, 4) is 0 Å². The predicted molar refractivity (Wildman–Crippen MR) is 119 cm³/mol. The van der Waals surface area contributed by atoms with Crippen molar-refractivity contribution in [2.24, 2.45) is 5.92 Å². The Bertz CT molecular complexity index is 1220. The number of aromatic nitrogens is 2. The Balaban J connectivity index is 1.84. The van der Waals surface area contributed by atoms with Crippen molar-refractivity contribution < 1.29 is 13.2 Å². The van der Waals surface area contributed by atoms with Crippen molar-refractivity contribution in [3.63, 3.8) is 0 Å². The van der Waals surface area contributed by atoms with Gasteiger partial charge in [0.15, 0.2) is 17.3 Å². The number of nitrogens with zero attached hydrogens (tertiary/aromatic N) is 4. The van der Waals surface area contributed by atoms with Crippen molar-refractivity contribution in [1.82, 2.24) is 9.97 Å². The third-order valence-corrected chi connectivity index (χ3v) is 6.95. The molecule has 0 bridgehead atoms. The molecule has 0 fully saturated rings. The maximum Gasteiger partial charge on any atom is 0.434 e. The molecule has 3 atom stereocenters. The lowest BCUT2D eigenvalue weighted by Gasteiger charge is -2.49. The number of fused-ring (bicyclic) bond motifs is 5. The Kier molecular flexibility index (Phi) is 4.38. The molecule has 0 spiro atoms. The van der Waals surface area contributed by atoms with Gasteiger partial charge in [-0.1, -0.05) is 56.3 Å². The Labute approximate surface area is 185 Å². The molecule has 2 aromatic carbocycles. The summed E-state index contributed by atoms with van der Waals surface area (Å²) in [5.74, 6) is 0.616. The van der Waals surface area contributed by atoms with Gasteiger partial charge in [0.2, 0.25) is 0 Å². The van der Waals surface area contributed by atoms with E-state index in [9.17, 15) is 13.2 Å². The highest BCUT2D eigenvalue weighted by molar-refractivity contribution is 5.87. The molecule has 0 saturated heterocycles. The minimum Gasteiger partial charge on any atom is -0.301 e. The first-order valence-corrected chi connectivity index (χ1v) is 10.5. The van der Waals surface area contributed by atoms with E-state index in [1.54, 1.807) is 0 Å². The second-order valence-corrected chi connectivity index (χ2v) is 8.63. The molecule has 7 heteroatoms. The van der Waals surface area contributed by atoms with Crippen LogP contribution in [0.3, 0.4) is 0 Å². The summed E-state index contributed by atoms with van der Waals surface area (Å²) < 4.78 is 40.7. The van der Waals surface area contributed by atoms with E-state index < -0.39 is 17.3 Å². The molecule has 2 aliphatic rings. The topological polar surface area (TPSA) is 32.3 Å². The van der Waals surface area contributed by atoms with Crippen LogP contribution in [0.1, 0.15) is 30.7 Å². The lowest BCUT2D eigenvalue weighted by atomic mass is 9.67. The molecule has 164 valence electrons. The molecule has 2 aliphatic heterocycles. The molecule has 5 rings (SSSR count). The molecule has 1 aromatic heterocycles. The van der Waals surface area contributed by atoms with Crippen molar-refractivity contribution in [2.75, 3.05) is 9.80 Å². The number of anilines is 4. The summed E-state index contributed by atoms with van der Waals surface area (Å²) in [6.45, 7) is 10.3. The van der Waals surface area contributed by atoms with Crippen LogP contribution < -0.4 is 9.80 Å². The number of allylic oxidation sites excluding steroid dienone is 1. The SMILES string of the molecule is C=CC1(C)c2ccccc2N2c3nc(C(F)(F)F)cnc3N(c3ccccc3C)C2C1C. The van der Waals surface area contributed by atoms with Gasteiger partial charge in [0, 0.05) is 22.7 Å². The summed E-state index contributed by atoms with van der Waals surface area (Å²) in [6.07, 6.45) is -2.13. The number of rotatable bonds is 2. The van der Waals surface area contributed by atoms with Crippen LogP contribution in [0.5, 0.6) is 0 Å². The summed E-state index contributed by atoms with van der Waals surface area (Å²) in [7, 11) is 0. The third kappa shape index (κ3) is 2.70. The highest BCUT2D eigenvalue weighted by Gasteiger charge is 2.54. The molecule has 4 nitrogen and oxygen atoms in total. The fourth-order valence-electron chi connectivity index (χ4n) is 4.99. The zero-order valence-corrected chi connectivity index (χ0v) is 18.1. The Hall–Kier alpha value is -3.35. The van der Waals surface area contributed by atoms with Gasteiger partial charge in [0.1, 0.15) is 6.17 Å². The molecule has 0 aliphatic carbocycles. The van der Waals surface area contributed by atoms with Gasteiger partial charge in [0.05, 0.1) is 6.20 Å². The monoisotopic (exact) mass is 436 g/mol. The van der Waals surface area contributed by atoms with Gasteiger partial charge < -0.3 is 9.80 Å². The average Bonchev–Trinajstić information content (AvgIpc) is 3.11. The normalized spacial score (nSPS) is 24.1. The van der Waals surface area contributed by atoms with Crippen LogP contribution in [0, 0.1) is 12.8 Å². The largest absolute Gasteiger partial charge is 0.434 e. The fourth-order valence-corrected chi connectivity index (χ4v) is 4.99. The predicted octanol–water partition coefficient (Wildman–Crippen LogP) is 6.51. The van der Waals surface area contributed by atoms with Crippen molar-refractivity contribution in [1.29, 1.82) is 0 Å². The van der Waals surface area contributed by atoms with E-state index >= 15 is 0 Å². The molecule has 3 heterocycles. The highest BCUT2D eigenvalue weighted by atomic mass is 19.4. The van der Waals surface area contributed by atoms with Crippen LogP contribution >= 0.6 is 0 Å². The van der Waals surface area contributed by atoms with Crippen LogP contribution in [0.4, 0.5) is 36.2 Å². The lowest BCUT2D eigenvalue weighted by molar-refractivity contribution is -0.141. The molecule has 3 unspecified atom stereocenters. The van der Waals surface area contributed by atoms with E-state index in [0.717, 1.165) is 28.7 Å². The van der Waals surface area contributed by atoms with Crippen LogP contribution in [0.25, 0.3) is 0 Å². The smallest absolute Gasteiger partial charge is 0.301 e. The molecule has 0 radical (unpaired) electrons. The second-order valence-electron chi connectivity index (χ2n) is 8.63. The van der Waals surface area contributed by atoms with Gasteiger partial charge in [-0.15, -0.1) is 6.58 Å². The van der Waals surface area contributed by atoms with E-state index in [0.29, 0.717) is 5.82 Å². The summed E-state index contributed by atoms with van der Waals surface area (Å²) in [5, 5.41) is 0. The van der Waals surface area contributed by atoms with E-state index in [-0.39, 0.29) is 17.9 Å². The van der Waals surface area contributed by atoms with Gasteiger partial charge in [0.25, 0.3) is 0 Å². The number of para-hydroxylation sites is 2. The molecular formula is C25H23F3N4. The first-order chi connectivity index (χ1) is 15.2. The highest BCUT2D eigenvalue weighted by Crippen LogP contribution is 2.57. The third-order valence-electron chi connectivity index (χ3n) is 6.95. The van der Waals surface area contributed by atoms with Crippen LogP contribution in [-0.2, 0) is 11.6 Å². The molecule has 32 heavy (non-hydrogen) atoms. The number of halogens is 3. The molecule has 3 aromatic rings. The van der Waals surface area contributed by atoms with Crippen LogP contribution in [-0.4, -0.2) is 16.1 Å². The standard InChI is InChI=1S/C25H23F3N4/c1-5-24(4)16(3)23-31(18-12-8-6-10-15(18)2)21-22(30-20(14-29-21)25(26,27)28)32(23)19-13-9-7-11-17(19)24/h5-14,16,23H,1H2,2-4H3. The lowest BCUT2D eigenvalue weighted by Crippen LogP contribution is -2.54. The van der Waals surface area contributed by atoms with Gasteiger partial charge in [-0.05, 0) is 30.2 Å². The minimum atomic E-state index is -4.58. The van der Waals surface area contributed by atoms with Crippen molar-refractivity contribution in [2.45, 2.75) is 38.5 Å². The molecule has 0 amide bonds. The van der Waals surface area contributed by atoms with Crippen LogP contribution in [0.2, 0.25) is 0 Å². The Morgan fingerprint density at radius 2 is 1.62 bits per heavy atom. The average molecular weight is 436 g/mol. The quantitative estimate of drug-likeness (QED) is 0.429. The fraction of sp³-hybridized carbons (Fsp3) is 0.280. The molecular weight excluding hydrogens is 413 g/mol. The van der Waals surface area contributed by atoms with E-state index in [1.807, 2.05) is 71.3 Å². The number of aryl methyl sites for hydroxylation is 1. The summed E-state index contributed by atoms with van der Waals surface area (Å²) in [6, 6.07) is 15.6. The Morgan fingerprint density at radius 1 is 1.00 bits per heavy atom. The first kappa shape index (κ1) is 20.5. The van der Waals surface area contributed by atoms with Gasteiger partial charge in [-0.25, -0.2) is 9.97 Å². The number of alkyl halides is 3. The minimum absolute atomic E-state index is 0.0279. The van der Waals surface area contributed by atoms with E-state index in [2.05, 4.69) is 30.4 Å². The zero-order chi connectivity index (χ0) is 22.8. The maximum absolute atomic E-state index is 13.6.